The minimum absolute atomic E-state index is 0.259. The number of hydrogen-bond acceptors (Lipinski definition) is 6. The third-order valence-corrected chi connectivity index (χ3v) is 9.87. The van der Waals surface area contributed by atoms with Crippen LogP contribution in [0.15, 0.2) is 127 Å². The van der Waals surface area contributed by atoms with Gasteiger partial charge in [0.15, 0.2) is 0 Å². The predicted molar refractivity (Wildman–Crippen MR) is 226 cm³/mol. The van der Waals surface area contributed by atoms with Crippen LogP contribution in [0.1, 0.15) is 106 Å². The standard InChI is InChI=1S/C50H57NO5/c51-40-41-20-22-42(23-21-41)44-28-32-48(33-29-44)54-37-14-7-4-2-1-3-5-8-17-39-56-50(52)46-26-24-43(25-27-46)45-30-34-49(35-31-45)55-38-16-10-6-9-15-36-53-47-18-12-11-13-19-47/h11-13,18-35H,1-10,14-17,36-39H2. The van der Waals surface area contributed by atoms with Crippen molar-refractivity contribution >= 4 is 5.97 Å². The number of para-hydroxylation sites is 1. The van der Waals surface area contributed by atoms with E-state index in [1.807, 2.05) is 103 Å². The minimum Gasteiger partial charge on any atom is -0.494 e. The largest absolute Gasteiger partial charge is 0.494 e. The highest BCUT2D eigenvalue weighted by molar-refractivity contribution is 5.90. The lowest BCUT2D eigenvalue weighted by Crippen LogP contribution is -2.06. The molecule has 0 aliphatic heterocycles. The lowest BCUT2D eigenvalue weighted by molar-refractivity contribution is 0.0497. The van der Waals surface area contributed by atoms with Gasteiger partial charge in [0.2, 0.25) is 0 Å². The summed E-state index contributed by atoms with van der Waals surface area (Å²) in [5, 5.41) is 8.98. The minimum atomic E-state index is -0.259. The number of benzene rings is 5. The number of esters is 1. The van der Waals surface area contributed by atoms with Crippen molar-refractivity contribution in [2.45, 2.75) is 89.9 Å². The van der Waals surface area contributed by atoms with Gasteiger partial charge < -0.3 is 18.9 Å². The Kier molecular flexibility index (Phi) is 18.4. The third kappa shape index (κ3) is 15.3. The van der Waals surface area contributed by atoms with Crippen molar-refractivity contribution in [1.29, 1.82) is 5.26 Å². The predicted octanol–water partition coefficient (Wildman–Crippen LogP) is 13.0. The molecule has 0 atom stereocenters. The highest BCUT2D eigenvalue weighted by Crippen LogP contribution is 2.25. The van der Waals surface area contributed by atoms with E-state index in [-0.39, 0.29) is 5.97 Å². The zero-order chi connectivity index (χ0) is 38.9. The van der Waals surface area contributed by atoms with Gasteiger partial charge in [-0.15, -0.1) is 0 Å². The van der Waals surface area contributed by atoms with Gasteiger partial charge in [0.1, 0.15) is 17.2 Å². The summed E-state index contributed by atoms with van der Waals surface area (Å²) in [4.78, 5) is 12.6. The molecule has 0 heterocycles. The first kappa shape index (κ1) is 41.6. The zero-order valence-electron chi connectivity index (χ0n) is 32.8. The molecule has 6 nitrogen and oxygen atoms in total. The van der Waals surface area contributed by atoms with E-state index < -0.39 is 0 Å². The maximum absolute atomic E-state index is 12.6. The first-order chi connectivity index (χ1) is 27.7. The number of carbonyl (C=O) groups is 1. The topological polar surface area (TPSA) is 77.8 Å². The molecule has 0 unspecified atom stereocenters. The summed E-state index contributed by atoms with van der Waals surface area (Å²) in [7, 11) is 0. The van der Waals surface area contributed by atoms with Crippen LogP contribution in [-0.2, 0) is 4.74 Å². The van der Waals surface area contributed by atoms with E-state index in [4.69, 9.17) is 24.2 Å². The van der Waals surface area contributed by atoms with Crippen LogP contribution < -0.4 is 14.2 Å². The second-order valence-corrected chi connectivity index (χ2v) is 14.3. The number of ether oxygens (including phenoxy) is 4. The zero-order valence-corrected chi connectivity index (χ0v) is 32.8. The Bertz CT molecular complexity index is 1850. The SMILES string of the molecule is N#Cc1ccc(-c2ccc(OCCCCCCCCCCCOC(=O)c3ccc(-c4ccc(OCCCCCCCOc5ccccc5)cc4)cc3)cc2)cc1. The van der Waals surface area contributed by atoms with Gasteiger partial charge in [-0.1, -0.05) is 131 Å². The van der Waals surface area contributed by atoms with Crippen molar-refractivity contribution in [3.8, 4) is 45.6 Å². The van der Waals surface area contributed by atoms with Crippen molar-refractivity contribution in [2.75, 3.05) is 26.4 Å². The first-order valence-corrected chi connectivity index (χ1v) is 20.6. The van der Waals surface area contributed by atoms with Crippen LogP contribution in [0.2, 0.25) is 0 Å². The maximum Gasteiger partial charge on any atom is 0.338 e. The number of hydrogen-bond donors (Lipinski definition) is 0. The second kappa shape index (κ2) is 24.8. The molecule has 0 saturated heterocycles. The second-order valence-electron chi connectivity index (χ2n) is 14.3. The number of nitriles is 1. The summed E-state index contributed by atoms with van der Waals surface area (Å²) in [6.07, 6.45) is 15.9. The molecule has 56 heavy (non-hydrogen) atoms. The van der Waals surface area contributed by atoms with E-state index in [1.54, 1.807) is 0 Å². The van der Waals surface area contributed by atoms with Crippen molar-refractivity contribution in [3.05, 3.63) is 139 Å². The quantitative estimate of drug-likeness (QED) is 0.0413. The highest BCUT2D eigenvalue weighted by Gasteiger charge is 2.08. The van der Waals surface area contributed by atoms with Gasteiger partial charge in [0.05, 0.1) is 43.6 Å². The van der Waals surface area contributed by atoms with Crippen LogP contribution in [0.4, 0.5) is 0 Å². The number of carbonyl (C=O) groups excluding carboxylic acids is 1. The number of rotatable bonds is 26. The Labute approximate surface area is 334 Å². The molecule has 5 aromatic rings. The van der Waals surface area contributed by atoms with E-state index in [0.29, 0.717) is 17.7 Å². The molecular weight excluding hydrogens is 695 g/mol. The van der Waals surface area contributed by atoms with Crippen LogP contribution in [0, 0.1) is 11.3 Å². The van der Waals surface area contributed by atoms with Crippen LogP contribution in [-0.4, -0.2) is 32.4 Å². The summed E-state index contributed by atoms with van der Waals surface area (Å²) in [6, 6.07) is 43.7. The van der Waals surface area contributed by atoms with Gasteiger partial charge in [-0.25, -0.2) is 4.79 Å². The first-order valence-electron chi connectivity index (χ1n) is 20.6. The Morgan fingerprint density at radius 1 is 0.393 bits per heavy atom. The molecule has 292 valence electrons. The lowest BCUT2D eigenvalue weighted by Gasteiger charge is -2.09. The Hall–Kier alpha value is -5.54. The number of nitrogens with zero attached hydrogens (tertiary/aromatic N) is 1. The summed E-state index contributed by atoms with van der Waals surface area (Å²) in [5.74, 6) is 2.45. The molecule has 5 rings (SSSR count). The summed E-state index contributed by atoms with van der Waals surface area (Å²) in [6.45, 7) is 2.68. The van der Waals surface area contributed by atoms with Gasteiger partial charge in [0, 0.05) is 0 Å². The number of unbranched alkanes of at least 4 members (excludes halogenated alkanes) is 12. The van der Waals surface area contributed by atoms with Crippen LogP contribution >= 0.6 is 0 Å². The molecule has 6 heteroatoms. The van der Waals surface area contributed by atoms with Gasteiger partial charge in [0.25, 0.3) is 0 Å². The molecule has 0 aliphatic rings. The Morgan fingerprint density at radius 2 is 0.732 bits per heavy atom. The summed E-state index contributed by atoms with van der Waals surface area (Å²) in [5.41, 5.74) is 5.61. The van der Waals surface area contributed by atoms with Gasteiger partial charge in [-0.3, -0.25) is 0 Å². The molecule has 0 saturated carbocycles. The fraction of sp³-hybridized carbons (Fsp3) is 0.360. The normalized spacial score (nSPS) is 10.8. The Balaban J connectivity index is 0.822. The molecule has 0 radical (unpaired) electrons. The fourth-order valence-corrected chi connectivity index (χ4v) is 6.53. The van der Waals surface area contributed by atoms with Crippen LogP contribution in [0.5, 0.6) is 17.2 Å². The molecule has 0 spiro atoms. The average molecular weight is 752 g/mol. The van der Waals surface area contributed by atoms with Crippen molar-refractivity contribution in [1.82, 2.24) is 0 Å². The summed E-state index contributed by atoms with van der Waals surface area (Å²) < 4.78 is 23.2. The van der Waals surface area contributed by atoms with Crippen molar-refractivity contribution in [2.24, 2.45) is 0 Å². The summed E-state index contributed by atoms with van der Waals surface area (Å²) >= 11 is 0. The highest BCUT2D eigenvalue weighted by atomic mass is 16.5. The van der Waals surface area contributed by atoms with Crippen LogP contribution in [0.25, 0.3) is 22.3 Å². The monoisotopic (exact) mass is 751 g/mol. The molecule has 0 aromatic heterocycles. The molecule has 0 aliphatic carbocycles. The lowest BCUT2D eigenvalue weighted by atomic mass is 10.0. The van der Waals surface area contributed by atoms with E-state index in [0.717, 1.165) is 97.8 Å². The molecule has 0 N–H and O–H groups in total. The third-order valence-electron chi connectivity index (χ3n) is 9.87. The van der Waals surface area contributed by atoms with Crippen molar-refractivity contribution < 1.29 is 23.7 Å². The van der Waals surface area contributed by atoms with Gasteiger partial charge in [-0.2, -0.15) is 5.26 Å². The molecule has 0 amide bonds. The smallest absolute Gasteiger partial charge is 0.338 e. The molecule has 0 fully saturated rings. The average Bonchev–Trinajstić information content (AvgIpc) is 3.25. The van der Waals surface area contributed by atoms with Gasteiger partial charge >= 0.3 is 5.97 Å². The molecule has 0 bridgehead atoms. The van der Waals surface area contributed by atoms with E-state index >= 15 is 0 Å². The molecular formula is C50H57NO5. The van der Waals surface area contributed by atoms with Crippen molar-refractivity contribution in [3.63, 3.8) is 0 Å². The van der Waals surface area contributed by atoms with Crippen LogP contribution in [0.3, 0.4) is 0 Å². The fourth-order valence-electron chi connectivity index (χ4n) is 6.53. The molecule has 5 aromatic carbocycles. The van der Waals surface area contributed by atoms with E-state index in [1.165, 1.54) is 51.4 Å². The Morgan fingerprint density at radius 3 is 1.14 bits per heavy atom. The maximum atomic E-state index is 12.6. The van der Waals surface area contributed by atoms with E-state index in [9.17, 15) is 4.79 Å². The van der Waals surface area contributed by atoms with E-state index in [2.05, 4.69) is 30.3 Å². The van der Waals surface area contributed by atoms with Gasteiger partial charge in [-0.05, 0) is 109 Å².